The first-order valence-corrected chi connectivity index (χ1v) is 5.71. The maximum atomic E-state index is 6.05. The van der Waals surface area contributed by atoms with E-state index in [9.17, 15) is 0 Å². The van der Waals surface area contributed by atoms with Crippen LogP contribution in [0.4, 0.5) is 0 Å². The summed E-state index contributed by atoms with van der Waals surface area (Å²) in [4.78, 5) is 0. The molecule has 1 saturated carbocycles. The highest BCUT2D eigenvalue weighted by Gasteiger charge is 2.29. The van der Waals surface area contributed by atoms with E-state index in [0.717, 1.165) is 13.0 Å². The van der Waals surface area contributed by atoms with E-state index >= 15 is 0 Å². The average Bonchev–Trinajstić information content (AvgIpc) is 2.54. The Morgan fingerprint density at radius 3 is 2.46 bits per heavy atom. The Balaban J connectivity index is 1.75. The zero-order chi connectivity index (χ0) is 9.10. The fraction of sp³-hybridized carbons (Fsp3) is 1.00. The van der Waals surface area contributed by atoms with Crippen LogP contribution in [0, 0.1) is 0 Å². The van der Waals surface area contributed by atoms with E-state index in [0.29, 0.717) is 6.10 Å². The molecule has 0 aromatic rings. The van der Waals surface area contributed by atoms with Gasteiger partial charge in [0, 0.05) is 0 Å². The van der Waals surface area contributed by atoms with Crippen LogP contribution in [0.15, 0.2) is 0 Å². The van der Waals surface area contributed by atoms with E-state index in [1.165, 1.54) is 32.1 Å². The van der Waals surface area contributed by atoms with E-state index in [2.05, 4.69) is 0 Å². The summed E-state index contributed by atoms with van der Waals surface area (Å²) in [7, 11) is 0. The van der Waals surface area contributed by atoms with E-state index in [-0.39, 0.29) is 11.7 Å². The number of rotatable bonds is 2. The summed E-state index contributed by atoms with van der Waals surface area (Å²) in [6, 6.07) is 0. The number of alkyl halides is 1. The second-order valence-electron chi connectivity index (χ2n) is 3.94. The van der Waals surface area contributed by atoms with Crippen LogP contribution in [0.25, 0.3) is 0 Å². The van der Waals surface area contributed by atoms with Crippen LogP contribution in [0.1, 0.15) is 38.5 Å². The quantitative estimate of drug-likeness (QED) is 0.644. The van der Waals surface area contributed by atoms with Crippen molar-refractivity contribution in [3.63, 3.8) is 0 Å². The molecule has 1 heterocycles. The third-order valence-electron chi connectivity index (χ3n) is 2.85. The molecule has 2 nitrogen and oxygen atoms in total. The highest BCUT2D eigenvalue weighted by atomic mass is 35.5. The molecule has 0 amide bonds. The van der Waals surface area contributed by atoms with Crippen molar-refractivity contribution in [3.05, 3.63) is 0 Å². The molecule has 2 atom stereocenters. The lowest BCUT2D eigenvalue weighted by molar-refractivity contribution is -0.149. The maximum Gasteiger partial charge on any atom is 0.174 e. The number of hydrogen-bond donors (Lipinski definition) is 0. The SMILES string of the molecule is ClC1CCOC1OC1CCCCC1. The number of ether oxygens (including phenoxy) is 2. The molecule has 1 saturated heterocycles. The molecule has 0 radical (unpaired) electrons. The molecule has 1 aliphatic carbocycles. The first kappa shape index (κ1) is 9.75. The highest BCUT2D eigenvalue weighted by molar-refractivity contribution is 6.21. The van der Waals surface area contributed by atoms with Gasteiger partial charge in [-0.2, -0.15) is 0 Å². The van der Waals surface area contributed by atoms with Crippen molar-refractivity contribution in [1.82, 2.24) is 0 Å². The molecule has 2 fully saturated rings. The molecule has 2 rings (SSSR count). The maximum absolute atomic E-state index is 6.05. The van der Waals surface area contributed by atoms with Crippen LogP contribution in [0.3, 0.4) is 0 Å². The second kappa shape index (κ2) is 4.63. The van der Waals surface area contributed by atoms with Crippen molar-refractivity contribution in [1.29, 1.82) is 0 Å². The van der Waals surface area contributed by atoms with Crippen LogP contribution in [0.5, 0.6) is 0 Å². The Bertz CT molecular complexity index is 157. The topological polar surface area (TPSA) is 18.5 Å². The van der Waals surface area contributed by atoms with Gasteiger partial charge in [0.1, 0.15) is 0 Å². The summed E-state index contributed by atoms with van der Waals surface area (Å²) in [6.45, 7) is 0.756. The number of hydrogen-bond acceptors (Lipinski definition) is 2. The van der Waals surface area contributed by atoms with Crippen molar-refractivity contribution in [3.8, 4) is 0 Å². The van der Waals surface area contributed by atoms with Crippen molar-refractivity contribution in [2.24, 2.45) is 0 Å². The van der Waals surface area contributed by atoms with Crippen LogP contribution < -0.4 is 0 Å². The molecular weight excluding hydrogens is 188 g/mol. The lowest BCUT2D eigenvalue weighted by Gasteiger charge is -2.26. The molecule has 1 aliphatic heterocycles. The Labute approximate surface area is 84.5 Å². The Kier molecular flexibility index (Phi) is 3.47. The zero-order valence-electron chi connectivity index (χ0n) is 7.88. The summed E-state index contributed by atoms with van der Waals surface area (Å²) < 4.78 is 11.2. The van der Waals surface area contributed by atoms with Gasteiger partial charge in [-0.25, -0.2) is 0 Å². The van der Waals surface area contributed by atoms with E-state index in [4.69, 9.17) is 21.1 Å². The second-order valence-corrected chi connectivity index (χ2v) is 4.50. The third-order valence-corrected chi connectivity index (χ3v) is 3.27. The van der Waals surface area contributed by atoms with Crippen molar-refractivity contribution < 1.29 is 9.47 Å². The Morgan fingerprint density at radius 1 is 1.08 bits per heavy atom. The van der Waals surface area contributed by atoms with Gasteiger partial charge in [0.15, 0.2) is 6.29 Å². The first-order valence-electron chi connectivity index (χ1n) is 5.27. The van der Waals surface area contributed by atoms with Crippen LogP contribution in [-0.4, -0.2) is 24.4 Å². The minimum atomic E-state index is -0.134. The molecule has 76 valence electrons. The molecule has 2 aliphatic rings. The zero-order valence-corrected chi connectivity index (χ0v) is 8.63. The summed E-state index contributed by atoms with van der Waals surface area (Å²) in [5.41, 5.74) is 0. The highest BCUT2D eigenvalue weighted by Crippen LogP contribution is 2.27. The Hall–Kier alpha value is 0.210. The lowest BCUT2D eigenvalue weighted by Crippen LogP contribution is -2.28. The first-order chi connectivity index (χ1) is 6.36. The van der Waals surface area contributed by atoms with Gasteiger partial charge in [0.25, 0.3) is 0 Å². The van der Waals surface area contributed by atoms with Gasteiger partial charge in [-0.3, -0.25) is 0 Å². The molecule has 2 unspecified atom stereocenters. The van der Waals surface area contributed by atoms with E-state index < -0.39 is 0 Å². The van der Waals surface area contributed by atoms with Gasteiger partial charge in [-0.1, -0.05) is 19.3 Å². The summed E-state index contributed by atoms with van der Waals surface area (Å²) in [5.74, 6) is 0. The molecule has 13 heavy (non-hydrogen) atoms. The van der Waals surface area contributed by atoms with Gasteiger partial charge >= 0.3 is 0 Å². The van der Waals surface area contributed by atoms with Gasteiger partial charge in [0.05, 0.1) is 18.1 Å². The van der Waals surface area contributed by atoms with Crippen molar-refractivity contribution >= 4 is 11.6 Å². The molecule has 0 aromatic carbocycles. The van der Waals surface area contributed by atoms with Gasteiger partial charge in [-0.15, -0.1) is 11.6 Å². The van der Waals surface area contributed by atoms with Crippen LogP contribution >= 0.6 is 11.6 Å². The summed E-state index contributed by atoms with van der Waals surface area (Å²) in [5, 5.41) is 0.0712. The summed E-state index contributed by atoms with van der Waals surface area (Å²) in [6.07, 6.45) is 7.51. The number of halogens is 1. The van der Waals surface area contributed by atoms with Gasteiger partial charge in [0.2, 0.25) is 0 Å². The molecule has 0 spiro atoms. The van der Waals surface area contributed by atoms with E-state index in [1.54, 1.807) is 0 Å². The minimum Gasteiger partial charge on any atom is -0.351 e. The molecule has 0 aromatic heterocycles. The molecule has 3 heteroatoms. The fourth-order valence-electron chi connectivity index (χ4n) is 2.05. The largest absolute Gasteiger partial charge is 0.351 e. The van der Waals surface area contributed by atoms with Crippen molar-refractivity contribution in [2.45, 2.75) is 56.3 Å². The van der Waals surface area contributed by atoms with Gasteiger partial charge < -0.3 is 9.47 Å². The van der Waals surface area contributed by atoms with Crippen molar-refractivity contribution in [2.75, 3.05) is 6.61 Å². The van der Waals surface area contributed by atoms with Gasteiger partial charge in [-0.05, 0) is 19.3 Å². The third kappa shape index (κ3) is 2.58. The standard InChI is InChI=1S/C10H17ClO2/c11-9-6-7-12-10(9)13-8-4-2-1-3-5-8/h8-10H,1-7H2. The Morgan fingerprint density at radius 2 is 1.85 bits per heavy atom. The van der Waals surface area contributed by atoms with Crippen LogP contribution in [-0.2, 0) is 9.47 Å². The fourth-order valence-corrected chi connectivity index (χ4v) is 2.27. The molecular formula is C10H17ClO2. The molecule has 0 bridgehead atoms. The minimum absolute atomic E-state index is 0.0712. The predicted octanol–water partition coefficient (Wildman–Crippen LogP) is 2.69. The smallest absolute Gasteiger partial charge is 0.174 e. The average molecular weight is 205 g/mol. The van der Waals surface area contributed by atoms with E-state index in [1.807, 2.05) is 0 Å². The molecule has 0 N–H and O–H groups in total. The monoisotopic (exact) mass is 204 g/mol. The summed E-state index contributed by atoms with van der Waals surface area (Å²) >= 11 is 6.05. The normalized spacial score (nSPS) is 36.7. The predicted molar refractivity (Wildman–Crippen MR) is 52.0 cm³/mol. The lowest BCUT2D eigenvalue weighted by atomic mass is 9.98. The van der Waals surface area contributed by atoms with Crippen LogP contribution in [0.2, 0.25) is 0 Å².